The maximum Gasteiger partial charge on any atom is 0.416 e. The molecule has 1 aromatic carbocycles. The summed E-state index contributed by atoms with van der Waals surface area (Å²) in [5, 5.41) is 0. The third kappa shape index (κ3) is 3.18. The first kappa shape index (κ1) is 14.1. The van der Waals surface area contributed by atoms with Gasteiger partial charge in [0, 0.05) is 6.07 Å². The van der Waals surface area contributed by atoms with E-state index in [1.54, 1.807) is 31.2 Å². The average molecular weight is 283 g/mol. The van der Waals surface area contributed by atoms with Gasteiger partial charge in [-0.3, -0.25) is 0 Å². The molecular formula is C13H12F3N3O. The maximum atomic E-state index is 12.8. The first-order chi connectivity index (χ1) is 9.40. The van der Waals surface area contributed by atoms with E-state index in [2.05, 4.69) is 10.4 Å². The summed E-state index contributed by atoms with van der Waals surface area (Å²) in [7, 11) is 0. The highest BCUT2D eigenvalue weighted by Gasteiger charge is 2.32. The van der Waals surface area contributed by atoms with Crippen LogP contribution in [0.15, 0.2) is 36.4 Å². The number of ether oxygens (including phenoxy) is 1. The average Bonchev–Trinajstić information content (AvgIpc) is 2.40. The number of rotatable bonds is 3. The van der Waals surface area contributed by atoms with Gasteiger partial charge in [0.25, 0.3) is 0 Å². The van der Waals surface area contributed by atoms with E-state index < -0.39 is 11.7 Å². The Morgan fingerprint density at radius 2 is 1.90 bits per heavy atom. The van der Waals surface area contributed by atoms with Gasteiger partial charge in [-0.25, -0.2) is 5.84 Å². The van der Waals surface area contributed by atoms with Gasteiger partial charge in [0.2, 0.25) is 5.88 Å². The highest BCUT2D eigenvalue weighted by atomic mass is 19.4. The van der Waals surface area contributed by atoms with Crippen LogP contribution in [0.2, 0.25) is 0 Å². The van der Waals surface area contributed by atoms with Gasteiger partial charge in [0.05, 0.1) is 5.56 Å². The molecule has 106 valence electrons. The topological polar surface area (TPSA) is 60.2 Å². The van der Waals surface area contributed by atoms with E-state index in [0.717, 1.165) is 17.7 Å². The molecule has 0 unspecified atom stereocenters. The van der Waals surface area contributed by atoms with Crippen LogP contribution in [0.4, 0.5) is 19.0 Å². The third-order valence-electron chi connectivity index (χ3n) is 2.59. The van der Waals surface area contributed by atoms with Crippen molar-refractivity contribution >= 4 is 5.82 Å². The Hall–Kier alpha value is -2.28. The molecule has 7 heteroatoms. The number of alkyl halides is 3. The van der Waals surface area contributed by atoms with Crippen molar-refractivity contribution in [3.05, 3.63) is 47.5 Å². The van der Waals surface area contributed by atoms with Crippen molar-refractivity contribution in [3.63, 3.8) is 0 Å². The van der Waals surface area contributed by atoms with Crippen molar-refractivity contribution in [3.8, 4) is 11.6 Å². The summed E-state index contributed by atoms with van der Waals surface area (Å²) in [5.74, 6) is 5.25. The SMILES string of the molecule is Cc1ccccc1Oc1cc(C(F)(F)F)cc(NN)n1. The molecule has 0 radical (unpaired) electrons. The number of nitrogens with one attached hydrogen (secondary N) is 1. The molecule has 0 saturated heterocycles. The number of halogens is 3. The fourth-order valence-corrected chi connectivity index (χ4v) is 1.58. The largest absolute Gasteiger partial charge is 0.439 e. The number of para-hydroxylation sites is 1. The second kappa shape index (κ2) is 5.38. The Balaban J connectivity index is 2.39. The Morgan fingerprint density at radius 3 is 2.50 bits per heavy atom. The van der Waals surface area contributed by atoms with Crippen molar-refractivity contribution in [2.45, 2.75) is 13.1 Å². The summed E-state index contributed by atoms with van der Waals surface area (Å²) in [6.07, 6.45) is -4.50. The zero-order chi connectivity index (χ0) is 14.8. The van der Waals surface area contributed by atoms with E-state index in [1.807, 2.05) is 0 Å². The van der Waals surface area contributed by atoms with Crippen molar-refractivity contribution in [2.24, 2.45) is 5.84 Å². The minimum absolute atomic E-state index is 0.122. The lowest BCUT2D eigenvalue weighted by molar-refractivity contribution is -0.137. The molecule has 0 amide bonds. The quantitative estimate of drug-likeness (QED) is 0.668. The second-order valence-electron chi connectivity index (χ2n) is 4.09. The summed E-state index contributed by atoms with van der Waals surface area (Å²) in [5.41, 5.74) is 1.99. The number of nitrogens with two attached hydrogens (primary N) is 1. The van der Waals surface area contributed by atoms with Crippen LogP contribution < -0.4 is 16.0 Å². The van der Waals surface area contributed by atoms with Gasteiger partial charge in [-0.2, -0.15) is 18.2 Å². The number of aryl methyl sites for hydroxylation is 1. The Kier molecular flexibility index (Phi) is 3.80. The highest BCUT2D eigenvalue weighted by Crippen LogP contribution is 2.34. The van der Waals surface area contributed by atoms with Crippen LogP contribution in [0.25, 0.3) is 0 Å². The predicted octanol–water partition coefficient (Wildman–Crippen LogP) is 3.49. The van der Waals surface area contributed by atoms with Crippen LogP contribution in [0.1, 0.15) is 11.1 Å². The summed E-state index contributed by atoms with van der Waals surface area (Å²) >= 11 is 0. The number of pyridine rings is 1. The molecule has 2 rings (SSSR count). The molecule has 0 aliphatic carbocycles. The van der Waals surface area contributed by atoms with Crippen LogP contribution in [0.3, 0.4) is 0 Å². The van der Waals surface area contributed by atoms with Gasteiger partial charge in [-0.15, -0.1) is 0 Å². The first-order valence-corrected chi connectivity index (χ1v) is 5.69. The smallest absolute Gasteiger partial charge is 0.416 e. The van der Waals surface area contributed by atoms with Gasteiger partial charge >= 0.3 is 6.18 Å². The molecule has 0 saturated carbocycles. The van der Waals surface area contributed by atoms with Gasteiger partial charge in [0.1, 0.15) is 11.6 Å². The summed E-state index contributed by atoms with van der Waals surface area (Å²) in [4.78, 5) is 3.84. The van der Waals surface area contributed by atoms with E-state index in [-0.39, 0.29) is 11.7 Å². The van der Waals surface area contributed by atoms with Crippen LogP contribution in [0.5, 0.6) is 11.6 Å². The Morgan fingerprint density at radius 1 is 1.20 bits per heavy atom. The van der Waals surface area contributed by atoms with Crippen molar-refractivity contribution < 1.29 is 17.9 Å². The molecule has 0 bridgehead atoms. The van der Waals surface area contributed by atoms with E-state index >= 15 is 0 Å². The zero-order valence-corrected chi connectivity index (χ0v) is 10.5. The van der Waals surface area contributed by atoms with Crippen molar-refractivity contribution in [2.75, 3.05) is 5.43 Å². The number of hydrogen-bond acceptors (Lipinski definition) is 4. The van der Waals surface area contributed by atoms with Crippen molar-refractivity contribution in [1.82, 2.24) is 4.98 Å². The van der Waals surface area contributed by atoms with Crippen LogP contribution in [-0.4, -0.2) is 4.98 Å². The van der Waals surface area contributed by atoms with Gasteiger partial charge in [0.15, 0.2) is 0 Å². The van der Waals surface area contributed by atoms with E-state index in [4.69, 9.17) is 10.6 Å². The van der Waals surface area contributed by atoms with E-state index in [9.17, 15) is 13.2 Å². The number of hydrazine groups is 1. The fraction of sp³-hybridized carbons (Fsp3) is 0.154. The molecule has 20 heavy (non-hydrogen) atoms. The summed E-state index contributed by atoms with van der Waals surface area (Å²) < 4.78 is 43.6. The molecule has 2 aromatic rings. The molecule has 1 aromatic heterocycles. The molecule has 0 aliphatic heterocycles. The number of anilines is 1. The minimum Gasteiger partial charge on any atom is -0.439 e. The minimum atomic E-state index is -4.50. The molecule has 0 atom stereocenters. The lowest BCUT2D eigenvalue weighted by atomic mass is 10.2. The van der Waals surface area contributed by atoms with Gasteiger partial charge < -0.3 is 10.2 Å². The van der Waals surface area contributed by atoms with Crippen LogP contribution >= 0.6 is 0 Å². The predicted molar refractivity (Wildman–Crippen MR) is 68.3 cm³/mol. The molecule has 0 spiro atoms. The first-order valence-electron chi connectivity index (χ1n) is 5.69. The van der Waals surface area contributed by atoms with Crippen LogP contribution in [-0.2, 0) is 6.18 Å². The number of hydrogen-bond donors (Lipinski definition) is 2. The number of aromatic nitrogens is 1. The molecular weight excluding hydrogens is 271 g/mol. The van der Waals surface area contributed by atoms with E-state index in [1.165, 1.54) is 0 Å². The Bertz CT molecular complexity index is 614. The molecule has 4 nitrogen and oxygen atoms in total. The zero-order valence-electron chi connectivity index (χ0n) is 10.5. The lowest BCUT2D eigenvalue weighted by Gasteiger charge is -2.12. The van der Waals surface area contributed by atoms with E-state index in [0.29, 0.717) is 5.75 Å². The van der Waals surface area contributed by atoms with Gasteiger partial charge in [-0.05, 0) is 24.6 Å². The third-order valence-corrected chi connectivity index (χ3v) is 2.59. The second-order valence-corrected chi connectivity index (χ2v) is 4.09. The monoisotopic (exact) mass is 283 g/mol. The number of nitrogen functional groups attached to an aromatic ring is 1. The number of benzene rings is 1. The summed E-state index contributed by atoms with van der Waals surface area (Å²) in [6.45, 7) is 1.78. The maximum absolute atomic E-state index is 12.8. The highest BCUT2D eigenvalue weighted by molar-refractivity contribution is 5.43. The van der Waals surface area contributed by atoms with Crippen molar-refractivity contribution in [1.29, 1.82) is 0 Å². The van der Waals surface area contributed by atoms with Crippen LogP contribution in [0, 0.1) is 6.92 Å². The normalized spacial score (nSPS) is 11.2. The molecule has 1 heterocycles. The lowest BCUT2D eigenvalue weighted by Crippen LogP contribution is -2.12. The molecule has 0 fully saturated rings. The Labute approximate surface area is 113 Å². The molecule has 3 N–H and O–H groups in total. The fourth-order valence-electron chi connectivity index (χ4n) is 1.58. The summed E-state index contributed by atoms with van der Waals surface area (Å²) in [6, 6.07) is 8.59. The standard InChI is InChI=1S/C13H12F3N3O/c1-8-4-2-3-5-10(8)20-12-7-9(13(14,15)16)6-11(18-12)19-17/h2-7H,17H2,1H3,(H,18,19). The molecule has 0 aliphatic rings. The van der Waals surface area contributed by atoms with Gasteiger partial charge in [-0.1, -0.05) is 18.2 Å². The number of nitrogens with zero attached hydrogens (tertiary/aromatic N) is 1.